The lowest BCUT2D eigenvalue weighted by molar-refractivity contribution is -0.128. The molecule has 0 fully saturated rings. The zero-order valence-corrected chi connectivity index (χ0v) is 11.1. The lowest BCUT2D eigenvalue weighted by Gasteiger charge is -2.14. The number of hydrazine groups is 1. The minimum Gasteiger partial charge on any atom is -0.481 e. The van der Waals surface area contributed by atoms with E-state index < -0.39 is 23.7 Å². The Kier molecular flexibility index (Phi) is 4.55. The van der Waals surface area contributed by atoms with Gasteiger partial charge in [-0.25, -0.2) is 4.39 Å². The summed E-state index contributed by atoms with van der Waals surface area (Å²) in [6, 6.07) is 8.26. The number of amides is 2. The standard InChI is InChI=1S/C14H13FN2O4/c1-9(21-11-6-4-10(15)5-7-11)13(18)16-17-14(19)12-3-2-8-20-12/h2-9H,1H3,(H,16,18)(H,17,19)/t9-/m1/s1. The minimum absolute atomic E-state index is 0.0717. The highest BCUT2D eigenvalue weighted by atomic mass is 19.1. The van der Waals surface area contributed by atoms with Gasteiger partial charge in [0.15, 0.2) is 11.9 Å². The Morgan fingerprint density at radius 2 is 1.90 bits per heavy atom. The second-order valence-corrected chi connectivity index (χ2v) is 4.13. The monoisotopic (exact) mass is 292 g/mol. The van der Waals surface area contributed by atoms with E-state index in [2.05, 4.69) is 10.9 Å². The Morgan fingerprint density at radius 1 is 1.19 bits per heavy atom. The van der Waals surface area contributed by atoms with Crippen molar-refractivity contribution in [3.63, 3.8) is 0 Å². The van der Waals surface area contributed by atoms with Crippen LogP contribution in [0.25, 0.3) is 0 Å². The van der Waals surface area contributed by atoms with Crippen LogP contribution in [0.4, 0.5) is 4.39 Å². The van der Waals surface area contributed by atoms with Crippen molar-refractivity contribution in [2.24, 2.45) is 0 Å². The van der Waals surface area contributed by atoms with E-state index in [9.17, 15) is 14.0 Å². The SMILES string of the molecule is C[C@@H](Oc1ccc(F)cc1)C(=O)NNC(=O)c1ccco1. The predicted octanol–water partition coefficient (Wildman–Crippen LogP) is 1.65. The fourth-order valence-electron chi connectivity index (χ4n) is 1.46. The fourth-order valence-corrected chi connectivity index (χ4v) is 1.46. The van der Waals surface area contributed by atoms with Gasteiger partial charge in [0.2, 0.25) is 0 Å². The number of nitrogens with one attached hydrogen (secondary N) is 2. The summed E-state index contributed by atoms with van der Waals surface area (Å²) in [4.78, 5) is 23.3. The molecule has 1 aromatic carbocycles. The highest BCUT2D eigenvalue weighted by Crippen LogP contribution is 2.12. The average molecular weight is 292 g/mol. The van der Waals surface area contributed by atoms with E-state index in [1.807, 2.05) is 0 Å². The highest BCUT2D eigenvalue weighted by molar-refractivity contribution is 5.93. The third-order valence-corrected chi connectivity index (χ3v) is 2.54. The summed E-state index contributed by atoms with van der Waals surface area (Å²) < 4.78 is 22.9. The van der Waals surface area contributed by atoms with Crippen molar-refractivity contribution >= 4 is 11.8 Å². The molecule has 0 saturated heterocycles. The second kappa shape index (κ2) is 6.56. The van der Waals surface area contributed by atoms with E-state index in [1.54, 1.807) is 6.07 Å². The van der Waals surface area contributed by atoms with Crippen molar-refractivity contribution in [1.29, 1.82) is 0 Å². The molecule has 0 aliphatic heterocycles. The molecule has 0 radical (unpaired) electrons. The van der Waals surface area contributed by atoms with Crippen LogP contribution >= 0.6 is 0 Å². The third-order valence-electron chi connectivity index (χ3n) is 2.54. The van der Waals surface area contributed by atoms with E-state index in [0.29, 0.717) is 5.75 Å². The molecule has 0 bridgehead atoms. The van der Waals surface area contributed by atoms with Crippen LogP contribution in [0.3, 0.4) is 0 Å². The molecular weight excluding hydrogens is 279 g/mol. The molecule has 0 aliphatic carbocycles. The first-order valence-corrected chi connectivity index (χ1v) is 6.12. The number of furan rings is 1. The third kappa shape index (κ3) is 4.07. The smallest absolute Gasteiger partial charge is 0.305 e. The molecule has 0 unspecified atom stereocenters. The molecule has 0 spiro atoms. The van der Waals surface area contributed by atoms with E-state index >= 15 is 0 Å². The van der Waals surface area contributed by atoms with Crippen LogP contribution < -0.4 is 15.6 Å². The van der Waals surface area contributed by atoms with Gasteiger partial charge in [0, 0.05) is 0 Å². The summed E-state index contributed by atoms with van der Waals surface area (Å²) in [5.74, 6) is -1.12. The van der Waals surface area contributed by atoms with Crippen molar-refractivity contribution in [3.8, 4) is 5.75 Å². The van der Waals surface area contributed by atoms with Gasteiger partial charge in [-0.3, -0.25) is 20.4 Å². The van der Waals surface area contributed by atoms with Gasteiger partial charge < -0.3 is 9.15 Å². The fraction of sp³-hybridized carbons (Fsp3) is 0.143. The predicted molar refractivity (Wildman–Crippen MR) is 70.8 cm³/mol. The summed E-state index contributed by atoms with van der Waals surface area (Å²) in [5, 5.41) is 0. The number of carbonyl (C=O) groups is 2. The quantitative estimate of drug-likeness (QED) is 0.840. The van der Waals surface area contributed by atoms with E-state index in [4.69, 9.17) is 9.15 Å². The van der Waals surface area contributed by atoms with Crippen molar-refractivity contribution < 1.29 is 23.1 Å². The maximum absolute atomic E-state index is 12.7. The van der Waals surface area contributed by atoms with E-state index in [1.165, 1.54) is 43.5 Å². The average Bonchev–Trinajstić information content (AvgIpc) is 3.01. The van der Waals surface area contributed by atoms with Crippen LogP contribution in [0.2, 0.25) is 0 Å². The highest BCUT2D eigenvalue weighted by Gasteiger charge is 2.16. The number of carbonyl (C=O) groups excluding carboxylic acids is 2. The van der Waals surface area contributed by atoms with E-state index in [-0.39, 0.29) is 5.76 Å². The molecule has 1 atom stereocenters. The van der Waals surface area contributed by atoms with Crippen LogP contribution in [0.5, 0.6) is 5.75 Å². The number of ether oxygens (including phenoxy) is 1. The van der Waals surface area contributed by atoms with Crippen molar-refractivity contribution in [2.45, 2.75) is 13.0 Å². The molecule has 2 N–H and O–H groups in total. The van der Waals surface area contributed by atoms with Crippen molar-refractivity contribution in [3.05, 3.63) is 54.2 Å². The van der Waals surface area contributed by atoms with Gasteiger partial charge >= 0.3 is 5.91 Å². The van der Waals surface area contributed by atoms with Gasteiger partial charge in [-0.2, -0.15) is 0 Å². The Hall–Kier alpha value is -2.83. The molecule has 1 heterocycles. The number of rotatable bonds is 4. The van der Waals surface area contributed by atoms with Crippen LogP contribution in [0.15, 0.2) is 47.1 Å². The van der Waals surface area contributed by atoms with Gasteiger partial charge in [-0.1, -0.05) is 0 Å². The summed E-state index contributed by atoms with van der Waals surface area (Å²) in [7, 11) is 0. The Balaban J connectivity index is 1.82. The van der Waals surface area contributed by atoms with Crippen LogP contribution in [-0.2, 0) is 4.79 Å². The molecule has 2 amide bonds. The van der Waals surface area contributed by atoms with Crippen LogP contribution in [-0.4, -0.2) is 17.9 Å². The Labute approximate surface area is 119 Å². The van der Waals surface area contributed by atoms with Crippen molar-refractivity contribution in [2.75, 3.05) is 0 Å². The summed E-state index contributed by atoms with van der Waals surface area (Å²) in [6.45, 7) is 1.50. The first-order valence-electron chi connectivity index (χ1n) is 6.12. The van der Waals surface area contributed by atoms with E-state index in [0.717, 1.165) is 0 Å². The zero-order valence-electron chi connectivity index (χ0n) is 11.1. The van der Waals surface area contributed by atoms with Crippen LogP contribution in [0, 0.1) is 5.82 Å². The summed E-state index contributed by atoms with van der Waals surface area (Å²) in [5.41, 5.74) is 4.39. The van der Waals surface area contributed by atoms with Gasteiger partial charge in [-0.05, 0) is 43.3 Å². The lowest BCUT2D eigenvalue weighted by Crippen LogP contribution is -2.47. The molecule has 0 saturated carbocycles. The molecule has 1 aromatic heterocycles. The zero-order chi connectivity index (χ0) is 15.2. The van der Waals surface area contributed by atoms with Gasteiger partial charge in [-0.15, -0.1) is 0 Å². The lowest BCUT2D eigenvalue weighted by atomic mass is 10.3. The molecule has 110 valence electrons. The molecule has 21 heavy (non-hydrogen) atoms. The van der Waals surface area contributed by atoms with Gasteiger partial charge in [0.1, 0.15) is 11.6 Å². The molecular formula is C14H13FN2O4. The topological polar surface area (TPSA) is 80.6 Å². The Bertz CT molecular complexity index is 610. The van der Waals surface area contributed by atoms with Crippen molar-refractivity contribution in [1.82, 2.24) is 10.9 Å². The first kappa shape index (κ1) is 14.6. The Morgan fingerprint density at radius 3 is 2.52 bits per heavy atom. The maximum atomic E-state index is 12.7. The second-order valence-electron chi connectivity index (χ2n) is 4.13. The largest absolute Gasteiger partial charge is 0.481 e. The number of benzene rings is 1. The molecule has 2 aromatic rings. The molecule has 0 aliphatic rings. The van der Waals surface area contributed by atoms with Gasteiger partial charge in [0.05, 0.1) is 6.26 Å². The number of halogens is 1. The molecule has 7 heteroatoms. The van der Waals surface area contributed by atoms with Crippen LogP contribution in [0.1, 0.15) is 17.5 Å². The number of hydrogen-bond acceptors (Lipinski definition) is 4. The first-order chi connectivity index (χ1) is 10.1. The summed E-state index contributed by atoms with van der Waals surface area (Å²) in [6.07, 6.45) is 0.476. The minimum atomic E-state index is -0.868. The number of hydrogen-bond donors (Lipinski definition) is 2. The maximum Gasteiger partial charge on any atom is 0.305 e. The van der Waals surface area contributed by atoms with Gasteiger partial charge in [0.25, 0.3) is 5.91 Å². The normalized spacial score (nSPS) is 11.5. The molecule has 6 nitrogen and oxygen atoms in total. The molecule has 2 rings (SSSR count). The summed E-state index contributed by atoms with van der Waals surface area (Å²) >= 11 is 0.